The van der Waals surface area contributed by atoms with Crippen LogP contribution in [-0.4, -0.2) is 41.3 Å². The number of thioether (sulfide) groups is 1. The van der Waals surface area contributed by atoms with Crippen LogP contribution >= 0.6 is 23.1 Å². The number of nitriles is 1. The van der Waals surface area contributed by atoms with Crippen molar-refractivity contribution in [3.8, 4) is 11.8 Å². The van der Waals surface area contributed by atoms with Crippen molar-refractivity contribution in [3.63, 3.8) is 0 Å². The van der Waals surface area contributed by atoms with Crippen LogP contribution in [0.25, 0.3) is 11.0 Å². The Morgan fingerprint density at radius 3 is 2.90 bits per heavy atom. The summed E-state index contributed by atoms with van der Waals surface area (Å²) in [7, 11) is 1.59. The first-order valence-electron chi connectivity index (χ1n) is 8.63. The van der Waals surface area contributed by atoms with Crippen LogP contribution in [-0.2, 0) is 9.53 Å². The first-order chi connectivity index (χ1) is 14.0. The maximum Gasteiger partial charge on any atom is 0.348 e. The van der Waals surface area contributed by atoms with Gasteiger partial charge in [0.25, 0.3) is 0 Å². The maximum absolute atomic E-state index is 12.4. The fraction of sp³-hybridized carbons (Fsp3) is 0.263. The van der Waals surface area contributed by atoms with Gasteiger partial charge in [-0.1, -0.05) is 11.8 Å². The zero-order valence-corrected chi connectivity index (χ0v) is 17.6. The predicted molar refractivity (Wildman–Crippen MR) is 112 cm³/mol. The summed E-state index contributed by atoms with van der Waals surface area (Å²) in [6, 6.07) is 7.52. The zero-order valence-electron chi connectivity index (χ0n) is 16.0. The van der Waals surface area contributed by atoms with Gasteiger partial charge in [0.05, 0.1) is 36.1 Å². The highest BCUT2D eigenvalue weighted by molar-refractivity contribution is 7.99. The van der Waals surface area contributed by atoms with Gasteiger partial charge in [-0.25, -0.2) is 9.78 Å². The molecule has 29 heavy (non-hydrogen) atoms. The summed E-state index contributed by atoms with van der Waals surface area (Å²) in [6.45, 7) is 3.61. The van der Waals surface area contributed by atoms with Crippen molar-refractivity contribution in [1.29, 1.82) is 5.26 Å². The summed E-state index contributed by atoms with van der Waals surface area (Å²) in [4.78, 5) is 32.3. The van der Waals surface area contributed by atoms with Crippen LogP contribution in [0, 0.1) is 18.3 Å². The van der Waals surface area contributed by atoms with Crippen LogP contribution < -0.4 is 10.1 Å². The highest BCUT2D eigenvalue weighted by atomic mass is 32.2. The second-order valence-electron chi connectivity index (χ2n) is 5.85. The Balaban J connectivity index is 1.69. The molecule has 3 rings (SSSR count). The van der Waals surface area contributed by atoms with Crippen LogP contribution in [0.3, 0.4) is 0 Å². The first-order valence-corrected chi connectivity index (χ1v) is 10.4. The summed E-state index contributed by atoms with van der Waals surface area (Å²) in [5.41, 5.74) is 2.36. The van der Waals surface area contributed by atoms with Crippen molar-refractivity contribution in [2.24, 2.45) is 0 Å². The van der Waals surface area contributed by atoms with Crippen molar-refractivity contribution < 1.29 is 19.1 Å². The van der Waals surface area contributed by atoms with Gasteiger partial charge < -0.3 is 19.8 Å². The minimum absolute atomic E-state index is 0.0908. The maximum atomic E-state index is 12.4. The molecule has 150 valence electrons. The number of aromatic amines is 1. The number of fused-ring (bicyclic) bond motifs is 1. The summed E-state index contributed by atoms with van der Waals surface area (Å²) in [5, 5.41) is 13.0. The van der Waals surface area contributed by atoms with E-state index in [1.165, 1.54) is 11.8 Å². The summed E-state index contributed by atoms with van der Waals surface area (Å²) < 4.78 is 10.2. The standard InChI is InChI=1S/C19H18N4O4S2/c1-4-27-18(25)16-10(2)12(8-20)17(29-16)23-15(24)9-28-19-21-13-6-5-11(26-3)7-14(13)22-19/h5-7H,4,9H2,1-3H3,(H,21,22)(H,23,24). The van der Waals surface area contributed by atoms with E-state index in [-0.39, 0.29) is 23.8 Å². The molecule has 2 N–H and O–H groups in total. The van der Waals surface area contributed by atoms with Gasteiger partial charge >= 0.3 is 5.97 Å². The van der Waals surface area contributed by atoms with Gasteiger partial charge in [0.1, 0.15) is 21.7 Å². The largest absolute Gasteiger partial charge is 0.497 e. The molecule has 0 aliphatic heterocycles. The monoisotopic (exact) mass is 430 g/mol. The molecular formula is C19H18N4O4S2. The molecule has 2 heterocycles. The molecule has 3 aromatic rings. The molecule has 0 saturated carbocycles. The number of carbonyl (C=O) groups is 2. The Morgan fingerprint density at radius 1 is 1.41 bits per heavy atom. The lowest BCUT2D eigenvalue weighted by atomic mass is 10.2. The number of hydrogen-bond acceptors (Lipinski definition) is 8. The van der Waals surface area contributed by atoms with E-state index in [0.29, 0.717) is 26.3 Å². The van der Waals surface area contributed by atoms with Crippen molar-refractivity contribution in [3.05, 3.63) is 34.2 Å². The smallest absolute Gasteiger partial charge is 0.348 e. The number of hydrogen-bond donors (Lipinski definition) is 2. The van der Waals surface area contributed by atoms with Gasteiger partial charge in [-0.05, 0) is 31.5 Å². The quantitative estimate of drug-likeness (QED) is 0.433. The van der Waals surface area contributed by atoms with Crippen LogP contribution in [0.1, 0.15) is 27.7 Å². The number of amides is 1. The van der Waals surface area contributed by atoms with E-state index >= 15 is 0 Å². The third-order valence-electron chi connectivity index (χ3n) is 3.98. The molecule has 0 fully saturated rings. The molecule has 0 aliphatic rings. The molecule has 0 unspecified atom stereocenters. The number of carbonyl (C=O) groups excluding carboxylic acids is 2. The van der Waals surface area contributed by atoms with E-state index in [4.69, 9.17) is 9.47 Å². The average molecular weight is 431 g/mol. The number of anilines is 1. The molecule has 1 amide bonds. The van der Waals surface area contributed by atoms with E-state index < -0.39 is 5.97 Å². The number of benzene rings is 1. The van der Waals surface area contributed by atoms with Crippen molar-refractivity contribution in [1.82, 2.24) is 9.97 Å². The molecule has 8 nitrogen and oxygen atoms in total. The van der Waals surface area contributed by atoms with Gasteiger partial charge in [-0.3, -0.25) is 4.79 Å². The van der Waals surface area contributed by atoms with Crippen LogP contribution in [0.15, 0.2) is 23.4 Å². The fourth-order valence-corrected chi connectivity index (χ4v) is 4.34. The van der Waals surface area contributed by atoms with Gasteiger partial charge in [-0.15, -0.1) is 11.3 Å². The predicted octanol–water partition coefficient (Wildman–Crippen LogP) is 3.72. The number of methoxy groups -OCH3 is 1. The summed E-state index contributed by atoms with van der Waals surface area (Å²) in [5.74, 6) is -0.00160. The Kier molecular flexibility index (Phi) is 6.41. The van der Waals surface area contributed by atoms with E-state index in [1.807, 2.05) is 24.3 Å². The third-order valence-corrected chi connectivity index (χ3v) is 6.04. The number of nitrogens with zero attached hydrogens (tertiary/aromatic N) is 2. The molecule has 2 aromatic heterocycles. The highest BCUT2D eigenvalue weighted by Crippen LogP contribution is 2.33. The van der Waals surface area contributed by atoms with Gasteiger partial charge in [0.15, 0.2) is 5.16 Å². The lowest BCUT2D eigenvalue weighted by molar-refractivity contribution is -0.113. The number of nitrogens with one attached hydrogen (secondary N) is 2. The summed E-state index contributed by atoms with van der Waals surface area (Å²) in [6.07, 6.45) is 0. The second-order valence-corrected chi connectivity index (χ2v) is 7.84. The molecule has 10 heteroatoms. The average Bonchev–Trinajstić information content (AvgIpc) is 3.26. The second kappa shape index (κ2) is 8.98. The fourth-order valence-electron chi connectivity index (χ4n) is 2.58. The Labute approximate surface area is 175 Å². The van der Waals surface area contributed by atoms with Gasteiger partial charge in [-0.2, -0.15) is 5.26 Å². The molecule has 1 aromatic carbocycles. The molecular weight excluding hydrogens is 412 g/mol. The van der Waals surface area contributed by atoms with Crippen molar-refractivity contribution in [2.75, 3.05) is 24.8 Å². The SMILES string of the molecule is CCOC(=O)c1sc(NC(=O)CSc2nc3ccc(OC)cc3[nH]2)c(C#N)c1C. The lowest BCUT2D eigenvalue weighted by Gasteiger charge is -2.02. The number of H-pyrrole nitrogens is 1. The van der Waals surface area contributed by atoms with Crippen molar-refractivity contribution >= 4 is 51.0 Å². The number of thiophene rings is 1. The number of aromatic nitrogens is 2. The molecule has 0 saturated heterocycles. The number of imidazole rings is 1. The Morgan fingerprint density at radius 2 is 2.21 bits per heavy atom. The lowest BCUT2D eigenvalue weighted by Crippen LogP contribution is -2.14. The normalized spacial score (nSPS) is 10.6. The molecule has 0 radical (unpaired) electrons. The van der Waals surface area contributed by atoms with E-state index in [1.54, 1.807) is 21.0 Å². The third kappa shape index (κ3) is 4.52. The molecule has 0 aliphatic carbocycles. The minimum atomic E-state index is -0.501. The highest BCUT2D eigenvalue weighted by Gasteiger charge is 2.22. The van der Waals surface area contributed by atoms with Crippen LogP contribution in [0.2, 0.25) is 0 Å². The Bertz CT molecular complexity index is 1110. The van der Waals surface area contributed by atoms with Crippen molar-refractivity contribution in [2.45, 2.75) is 19.0 Å². The van der Waals surface area contributed by atoms with E-state index in [9.17, 15) is 14.9 Å². The Hall–Kier alpha value is -3.03. The topological polar surface area (TPSA) is 117 Å². The molecule has 0 bridgehead atoms. The van der Waals surface area contributed by atoms with E-state index in [2.05, 4.69) is 15.3 Å². The first kappa shape index (κ1) is 20.7. The molecule has 0 atom stereocenters. The molecule has 0 spiro atoms. The number of esters is 1. The number of rotatable bonds is 7. The van der Waals surface area contributed by atoms with Crippen LogP contribution in [0.5, 0.6) is 5.75 Å². The number of ether oxygens (including phenoxy) is 2. The van der Waals surface area contributed by atoms with E-state index in [0.717, 1.165) is 22.4 Å². The van der Waals surface area contributed by atoms with Crippen LogP contribution in [0.4, 0.5) is 5.00 Å². The summed E-state index contributed by atoms with van der Waals surface area (Å²) >= 11 is 2.28. The van der Waals surface area contributed by atoms with Gasteiger partial charge in [0, 0.05) is 6.07 Å². The zero-order chi connectivity index (χ0) is 21.0. The van der Waals surface area contributed by atoms with Gasteiger partial charge in [0.2, 0.25) is 5.91 Å². The minimum Gasteiger partial charge on any atom is -0.497 e.